The van der Waals surface area contributed by atoms with Crippen LogP contribution >= 0.6 is 23.2 Å². The Morgan fingerprint density at radius 3 is 2.65 bits per heavy atom. The minimum absolute atomic E-state index is 0.298. The number of rotatable bonds is 4. The molecule has 0 radical (unpaired) electrons. The number of benzene rings is 2. The van der Waals surface area contributed by atoms with E-state index in [1.54, 1.807) is 6.07 Å². The van der Waals surface area contributed by atoms with Crippen molar-refractivity contribution in [3.8, 4) is 11.5 Å². The summed E-state index contributed by atoms with van der Waals surface area (Å²) in [5.74, 6) is 1.60. The van der Waals surface area contributed by atoms with E-state index in [1.165, 1.54) is 0 Å². The molecule has 0 amide bonds. The minimum atomic E-state index is 0.298. The lowest BCUT2D eigenvalue weighted by atomic mass is 10.2. The molecule has 0 fully saturated rings. The van der Waals surface area contributed by atoms with E-state index < -0.39 is 0 Å². The summed E-state index contributed by atoms with van der Waals surface area (Å²) in [5, 5.41) is 4.67. The first kappa shape index (κ1) is 13.6. The molecule has 0 saturated heterocycles. The van der Waals surface area contributed by atoms with Crippen molar-refractivity contribution in [2.75, 3.05) is 6.79 Å². The van der Waals surface area contributed by atoms with Crippen LogP contribution in [0.15, 0.2) is 36.4 Å². The zero-order valence-corrected chi connectivity index (χ0v) is 12.2. The lowest BCUT2D eigenvalue weighted by Crippen LogP contribution is -2.12. The first-order valence-electron chi connectivity index (χ1n) is 6.25. The summed E-state index contributed by atoms with van der Waals surface area (Å²) in [6.07, 6.45) is 0. The van der Waals surface area contributed by atoms with Gasteiger partial charge in [-0.15, -0.1) is 0 Å². The Hall–Kier alpha value is -1.42. The van der Waals surface area contributed by atoms with Crippen molar-refractivity contribution in [3.05, 3.63) is 57.6 Å². The topological polar surface area (TPSA) is 30.5 Å². The molecule has 0 aliphatic carbocycles. The van der Waals surface area contributed by atoms with Gasteiger partial charge in [0.25, 0.3) is 0 Å². The minimum Gasteiger partial charge on any atom is -0.454 e. The number of hydrogen-bond acceptors (Lipinski definition) is 3. The SMILES string of the molecule is Clc1ccc(CNCc2ccc3c(c2)OCO3)c(Cl)c1. The highest BCUT2D eigenvalue weighted by Crippen LogP contribution is 2.32. The van der Waals surface area contributed by atoms with Crippen LogP contribution in [0.4, 0.5) is 0 Å². The van der Waals surface area contributed by atoms with Crippen molar-refractivity contribution >= 4 is 23.2 Å². The van der Waals surface area contributed by atoms with Gasteiger partial charge in [0.15, 0.2) is 11.5 Å². The number of halogens is 2. The van der Waals surface area contributed by atoms with Crippen LogP contribution in [0, 0.1) is 0 Å². The summed E-state index contributed by atoms with van der Waals surface area (Å²) >= 11 is 12.0. The molecular formula is C15H13Cl2NO2. The number of nitrogens with one attached hydrogen (secondary N) is 1. The maximum absolute atomic E-state index is 6.13. The number of ether oxygens (including phenoxy) is 2. The van der Waals surface area contributed by atoms with Crippen LogP contribution in [0.3, 0.4) is 0 Å². The van der Waals surface area contributed by atoms with Crippen molar-refractivity contribution < 1.29 is 9.47 Å². The third-order valence-electron chi connectivity index (χ3n) is 3.10. The highest BCUT2D eigenvalue weighted by molar-refractivity contribution is 6.35. The summed E-state index contributed by atoms with van der Waals surface area (Å²) in [6.45, 7) is 1.71. The van der Waals surface area contributed by atoms with Crippen LogP contribution in [0.25, 0.3) is 0 Å². The third-order valence-corrected chi connectivity index (χ3v) is 3.68. The molecule has 104 valence electrons. The Labute approximate surface area is 127 Å². The molecule has 3 nitrogen and oxygen atoms in total. The molecule has 2 aromatic carbocycles. The number of fused-ring (bicyclic) bond motifs is 1. The van der Waals surface area contributed by atoms with Crippen LogP contribution in [0.1, 0.15) is 11.1 Å². The van der Waals surface area contributed by atoms with Crippen molar-refractivity contribution in [1.29, 1.82) is 0 Å². The molecule has 20 heavy (non-hydrogen) atoms. The Bertz CT molecular complexity index is 631. The molecule has 2 aromatic rings. The smallest absolute Gasteiger partial charge is 0.231 e. The standard InChI is InChI=1S/C15H13Cl2NO2/c16-12-3-2-11(13(17)6-12)8-18-7-10-1-4-14-15(5-10)20-9-19-14/h1-6,18H,7-9H2. The first-order chi connectivity index (χ1) is 9.72. The third kappa shape index (κ3) is 3.01. The lowest BCUT2D eigenvalue weighted by Gasteiger charge is -2.08. The zero-order valence-electron chi connectivity index (χ0n) is 10.7. The van der Waals surface area contributed by atoms with Gasteiger partial charge >= 0.3 is 0 Å². The average molecular weight is 310 g/mol. The Kier molecular flexibility index (Phi) is 4.01. The van der Waals surface area contributed by atoms with Gasteiger partial charge in [-0.05, 0) is 35.4 Å². The summed E-state index contributed by atoms with van der Waals surface area (Å²) < 4.78 is 10.6. The maximum atomic E-state index is 6.13. The van der Waals surface area contributed by atoms with Gasteiger partial charge in [0.05, 0.1) is 0 Å². The van der Waals surface area contributed by atoms with E-state index in [-0.39, 0.29) is 0 Å². The van der Waals surface area contributed by atoms with Gasteiger partial charge < -0.3 is 14.8 Å². The van der Waals surface area contributed by atoms with Crippen molar-refractivity contribution in [2.45, 2.75) is 13.1 Å². The van der Waals surface area contributed by atoms with Crippen LogP contribution in [-0.2, 0) is 13.1 Å². The molecule has 1 heterocycles. The molecule has 0 bridgehead atoms. The van der Waals surface area contributed by atoms with E-state index in [4.69, 9.17) is 32.7 Å². The molecule has 0 spiro atoms. The Balaban J connectivity index is 1.60. The predicted molar refractivity (Wildman–Crippen MR) is 79.6 cm³/mol. The van der Waals surface area contributed by atoms with Crippen LogP contribution in [0.5, 0.6) is 11.5 Å². The largest absolute Gasteiger partial charge is 0.454 e. The van der Waals surface area contributed by atoms with Crippen LogP contribution < -0.4 is 14.8 Å². The van der Waals surface area contributed by atoms with E-state index in [2.05, 4.69) is 5.32 Å². The summed E-state index contributed by atoms with van der Waals surface area (Å²) in [4.78, 5) is 0. The highest BCUT2D eigenvalue weighted by Gasteiger charge is 2.12. The molecule has 0 saturated carbocycles. The van der Waals surface area contributed by atoms with Gasteiger partial charge in [-0.1, -0.05) is 35.3 Å². The molecule has 5 heteroatoms. The van der Waals surface area contributed by atoms with Crippen molar-refractivity contribution in [3.63, 3.8) is 0 Å². The van der Waals surface area contributed by atoms with E-state index in [0.29, 0.717) is 23.4 Å². The van der Waals surface area contributed by atoms with Crippen LogP contribution in [0.2, 0.25) is 10.0 Å². The summed E-state index contributed by atoms with van der Waals surface area (Å²) in [5.41, 5.74) is 2.16. The molecule has 3 rings (SSSR count). The van der Waals surface area contributed by atoms with E-state index in [9.17, 15) is 0 Å². The van der Waals surface area contributed by atoms with Gasteiger partial charge in [-0.2, -0.15) is 0 Å². The first-order valence-corrected chi connectivity index (χ1v) is 7.01. The molecule has 1 N–H and O–H groups in total. The summed E-state index contributed by atoms with van der Waals surface area (Å²) in [6, 6.07) is 11.4. The fourth-order valence-electron chi connectivity index (χ4n) is 2.06. The molecular weight excluding hydrogens is 297 g/mol. The summed E-state index contributed by atoms with van der Waals surface area (Å²) in [7, 11) is 0. The van der Waals surface area contributed by atoms with Gasteiger partial charge in [0.2, 0.25) is 6.79 Å². The average Bonchev–Trinajstić information content (AvgIpc) is 2.89. The normalized spacial score (nSPS) is 12.7. The fourth-order valence-corrected chi connectivity index (χ4v) is 2.53. The second-order valence-electron chi connectivity index (χ2n) is 4.53. The van der Waals surface area contributed by atoms with Crippen LogP contribution in [-0.4, -0.2) is 6.79 Å². The quantitative estimate of drug-likeness (QED) is 0.925. The maximum Gasteiger partial charge on any atom is 0.231 e. The molecule has 0 aromatic heterocycles. The Morgan fingerprint density at radius 2 is 1.80 bits per heavy atom. The highest BCUT2D eigenvalue weighted by atomic mass is 35.5. The predicted octanol–water partition coefficient (Wildman–Crippen LogP) is 4.01. The fraction of sp³-hybridized carbons (Fsp3) is 0.200. The van der Waals surface area contributed by atoms with Gasteiger partial charge in [0.1, 0.15) is 0 Å². The van der Waals surface area contributed by atoms with E-state index in [1.807, 2.05) is 30.3 Å². The molecule has 1 aliphatic heterocycles. The number of hydrogen-bond donors (Lipinski definition) is 1. The van der Waals surface area contributed by atoms with Gasteiger partial charge in [0, 0.05) is 23.1 Å². The van der Waals surface area contributed by atoms with Gasteiger partial charge in [-0.25, -0.2) is 0 Å². The van der Waals surface area contributed by atoms with Crippen molar-refractivity contribution in [2.24, 2.45) is 0 Å². The molecule has 0 unspecified atom stereocenters. The Morgan fingerprint density at radius 1 is 0.950 bits per heavy atom. The van der Waals surface area contributed by atoms with E-state index >= 15 is 0 Å². The van der Waals surface area contributed by atoms with Gasteiger partial charge in [-0.3, -0.25) is 0 Å². The van der Waals surface area contributed by atoms with Crippen molar-refractivity contribution in [1.82, 2.24) is 5.32 Å². The molecule has 1 aliphatic rings. The van der Waals surface area contributed by atoms with E-state index in [0.717, 1.165) is 29.2 Å². The lowest BCUT2D eigenvalue weighted by molar-refractivity contribution is 0.174. The second-order valence-corrected chi connectivity index (χ2v) is 5.37. The zero-order chi connectivity index (χ0) is 13.9. The second kappa shape index (κ2) is 5.92. The monoisotopic (exact) mass is 309 g/mol. The molecule has 0 atom stereocenters.